The number of hydrogen-bond donors (Lipinski definition) is 1. The van der Waals surface area contributed by atoms with E-state index in [9.17, 15) is 4.79 Å². The van der Waals surface area contributed by atoms with Crippen molar-refractivity contribution in [3.63, 3.8) is 0 Å². The average Bonchev–Trinajstić information content (AvgIpc) is 2.07. The fourth-order valence-corrected chi connectivity index (χ4v) is 3.20. The van der Waals surface area contributed by atoms with Crippen LogP contribution in [0.25, 0.3) is 0 Å². The Balaban J connectivity index is 0. The molecular formula is C7H16CaO2S3. The first-order valence-corrected chi connectivity index (χ1v) is 7.30. The molecule has 1 N–H and O–H groups in total. The third-order valence-corrected chi connectivity index (χ3v) is 5.31. The van der Waals surface area contributed by atoms with E-state index in [1.165, 1.54) is 23.5 Å². The van der Waals surface area contributed by atoms with Crippen molar-refractivity contribution in [3.8, 4) is 0 Å². The predicted octanol–water partition coefficient (Wildman–Crippen LogP) is 1.33. The zero-order valence-electron chi connectivity index (χ0n) is 7.49. The third-order valence-electron chi connectivity index (χ3n) is 1.62. The predicted molar refractivity (Wildman–Crippen MR) is 68.9 cm³/mol. The summed E-state index contributed by atoms with van der Waals surface area (Å²) in [5, 5.41) is 9.00. The monoisotopic (exact) mass is 268 g/mol. The molecule has 13 heavy (non-hydrogen) atoms. The molecule has 0 aromatic heterocycles. The van der Waals surface area contributed by atoms with E-state index in [0.29, 0.717) is 6.42 Å². The number of carboxylic acid groups (broad SMARTS) is 1. The molecule has 0 aromatic carbocycles. The molecule has 0 aromatic rings. The number of hydrogen-bond acceptors (Lipinski definition) is 4. The second-order valence-corrected chi connectivity index (χ2v) is 5.66. The maximum absolute atomic E-state index is 10.9. The summed E-state index contributed by atoms with van der Waals surface area (Å²) in [5.41, 5.74) is 0. The van der Waals surface area contributed by atoms with E-state index in [1.807, 2.05) is 18.8 Å². The van der Waals surface area contributed by atoms with Crippen LogP contribution >= 0.6 is 35.3 Å². The van der Waals surface area contributed by atoms with E-state index in [4.69, 9.17) is 5.11 Å². The third kappa shape index (κ3) is 5.42. The fraction of sp³-hybridized carbons (Fsp3) is 0.857. The van der Waals surface area contributed by atoms with Gasteiger partial charge in [0, 0.05) is 0 Å². The Hall–Kier alpha value is 1.78. The summed E-state index contributed by atoms with van der Waals surface area (Å²) in [4.78, 5) is 10.9. The second kappa shape index (κ2) is 9.04. The first-order chi connectivity index (χ1) is 5.63. The molecule has 0 aliphatic heterocycles. The SMILES string of the molecule is CSCCC(SC)(SC)C(=O)O.[CaH2]. The van der Waals surface area contributed by atoms with Gasteiger partial charge in [-0.25, -0.2) is 4.79 Å². The number of carboxylic acids is 1. The van der Waals surface area contributed by atoms with Crippen molar-refractivity contribution in [2.24, 2.45) is 0 Å². The van der Waals surface area contributed by atoms with Crippen LogP contribution in [0.5, 0.6) is 0 Å². The topological polar surface area (TPSA) is 37.3 Å². The summed E-state index contributed by atoms with van der Waals surface area (Å²) >= 11 is 4.52. The van der Waals surface area contributed by atoms with Gasteiger partial charge in [0.1, 0.15) is 0 Å². The molecule has 0 radical (unpaired) electrons. The minimum atomic E-state index is -0.712. The molecule has 0 unspecified atom stereocenters. The summed E-state index contributed by atoms with van der Waals surface area (Å²) in [7, 11) is 0. The average molecular weight is 268 g/mol. The summed E-state index contributed by atoms with van der Waals surface area (Å²) < 4.78 is -0.636. The first kappa shape index (κ1) is 17.2. The van der Waals surface area contributed by atoms with Crippen molar-refractivity contribution in [1.82, 2.24) is 0 Å². The fourth-order valence-electron chi connectivity index (χ4n) is 0.805. The van der Waals surface area contributed by atoms with Gasteiger partial charge in [0.15, 0.2) is 4.08 Å². The molecule has 0 spiro atoms. The molecule has 6 heteroatoms. The van der Waals surface area contributed by atoms with Crippen molar-refractivity contribution in [3.05, 3.63) is 0 Å². The normalized spacial score (nSPS) is 10.7. The summed E-state index contributed by atoms with van der Waals surface area (Å²) in [6.45, 7) is 0. The van der Waals surface area contributed by atoms with Gasteiger partial charge in [-0.3, -0.25) is 0 Å². The van der Waals surface area contributed by atoms with Crippen molar-refractivity contribution in [2.45, 2.75) is 10.5 Å². The number of thioether (sulfide) groups is 3. The molecular weight excluding hydrogens is 252 g/mol. The van der Waals surface area contributed by atoms with Crippen molar-refractivity contribution in [1.29, 1.82) is 0 Å². The van der Waals surface area contributed by atoms with Crippen LogP contribution in [0.3, 0.4) is 0 Å². The molecule has 0 rings (SSSR count). The van der Waals surface area contributed by atoms with Gasteiger partial charge in [-0.2, -0.15) is 11.8 Å². The van der Waals surface area contributed by atoms with E-state index < -0.39 is 10.0 Å². The Bertz CT molecular complexity index is 151. The molecule has 0 aliphatic carbocycles. The zero-order chi connectivity index (χ0) is 9.61. The molecule has 0 fully saturated rings. The van der Waals surface area contributed by atoms with Gasteiger partial charge in [-0.15, -0.1) is 23.5 Å². The minimum absolute atomic E-state index is 0. The number of aliphatic carboxylic acids is 1. The molecule has 0 aliphatic rings. The maximum atomic E-state index is 10.9. The quantitative estimate of drug-likeness (QED) is 0.581. The van der Waals surface area contributed by atoms with E-state index >= 15 is 0 Å². The van der Waals surface area contributed by atoms with Crippen LogP contribution in [0.2, 0.25) is 0 Å². The Morgan fingerprint density at radius 1 is 1.31 bits per heavy atom. The standard InChI is InChI=1S/C7H14O2S3.Ca.2H/c1-10-5-4-7(11-2,12-3)6(8)9;;;/h4-5H2,1-3H3,(H,8,9);;;. The van der Waals surface area contributed by atoms with Crippen LogP contribution in [0.4, 0.5) is 0 Å². The van der Waals surface area contributed by atoms with Gasteiger partial charge >= 0.3 is 43.7 Å². The van der Waals surface area contributed by atoms with Gasteiger partial charge in [-0.05, 0) is 30.9 Å². The van der Waals surface area contributed by atoms with Gasteiger partial charge in [-0.1, -0.05) is 0 Å². The number of carbonyl (C=O) groups is 1. The van der Waals surface area contributed by atoms with Crippen molar-refractivity contribution >= 4 is 79.0 Å². The van der Waals surface area contributed by atoms with Gasteiger partial charge in [0.2, 0.25) is 0 Å². The molecule has 0 atom stereocenters. The molecule has 0 bridgehead atoms. The summed E-state index contributed by atoms with van der Waals surface area (Å²) in [6, 6.07) is 0. The van der Waals surface area contributed by atoms with Crippen LogP contribution < -0.4 is 0 Å². The van der Waals surface area contributed by atoms with E-state index in [-0.39, 0.29) is 37.7 Å². The molecule has 0 saturated carbocycles. The summed E-state index contributed by atoms with van der Waals surface area (Å²) in [6.07, 6.45) is 6.41. The zero-order valence-corrected chi connectivity index (χ0v) is 9.94. The Morgan fingerprint density at radius 2 is 1.77 bits per heavy atom. The van der Waals surface area contributed by atoms with Gasteiger partial charge < -0.3 is 5.11 Å². The van der Waals surface area contributed by atoms with E-state index in [0.717, 1.165) is 5.75 Å². The van der Waals surface area contributed by atoms with Crippen LogP contribution in [-0.2, 0) is 4.79 Å². The molecule has 0 heterocycles. The Kier molecular flexibility index (Phi) is 11.9. The Morgan fingerprint density at radius 3 is 2.00 bits per heavy atom. The Labute approximate surface area is 122 Å². The number of rotatable bonds is 6. The first-order valence-electron chi connectivity index (χ1n) is 3.45. The molecule has 0 amide bonds. The van der Waals surface area contributed by atoms with Crippen LogP contribution in [0.1, 0.15) is 6.42 Å². The van der Waals surface area contributed by atoms with Gasteiger partial charge in [0.25, 0.3) is 0 Å². The second-order valence-electron chi connectivity index (χ2n) is 2.21. The van der Waals surface area contributed by atoms with Crippen LogP contribution in [-0.4, -0.2) is 77.4 Å². The molecule has 76 valence electrons. The van der Waals surface area contributed by atoms with Crippen LogP contribution in [0.15, 0.2) is 0 Å². The van der Waals surface area contributed by atoms with Crippen molar-refractivity contribution < 1.29 is 9.90 Å². The van der Waals surface area contributed by atoms with E-state index in [1.54, 1.807) is 11.8 Å². The van der Waals surface area contributed by atoms with E-state index in [2.05, 4.69) is 0 Å². The summed E-state index contributed by atoms with van der Waals surface area (Å²) in [5.74, 6) is 0.185. The van der Waals surface area contributed by atoms with Gasteiger partial charge in [0.05, 0.1) is 0 Å². The molecule has 2 nitrogen and oxygen atoms in total. The van der Waals surface area contributed by atoms with Crippen molar-refractivity contribution in [2.75, 3.05) is 24.5 Å². The van der Waals surface area contributed by atoms with Crippen LogP contribution in [0, 0.1) is 0 Å². The molecule has 0 saturated heterocycles.